The van der Waals surface area contributed by atoms with Gasteiger partial charge in [-0.25, -0.2) is 9.59 Å². The van der Waals surface area contributed by atoms with Gasteiger partial charge in [-0.1, -0.05) is 30.3 Å². The van der Waals surface area contributed by atoms with Crippen LogP contribution in [0.4, 0.5) is 4.79 Å². The Balaban J connectivity index is 1.61. The van der Waals surface area contributed by atoms with Crippen molar-refractivity contribution >= 4 is 23.1 Å². The smallest absolute Gasteiger partial charge is 0.419 e. The molecule has 0 saturated heterocycles. The second-order valence-corrected chi connectivity index (χ2v) is 9.31. The largest absolute Gasteiger partial charge is 0.444 e. The lowest BCUT2D eigenvalue weighted by atomic mass is 10.0. The van der Waals surface area contributed by atoms with Gasteiger partial charge in [0, 0.05) is 20.6 Å². The molecular formula is C26H30N4O6. The van der Waals surface area contributed by atoms with E-state index in [0.29, 0.717) is 11.1 Å². The predicted molar refractivity (Wildman–Crippen MR) is 133 cm³/mol. The molecule has 1 heterocycles. The first-order chi connectivity index (χ1) is 17.0. The highest BCUT2D eigenvalue weighted by Gasteiger charge is 2.23. The second kappa shape index (κ2) is 11.1. The van der Waals surface area contributed by atoms with Gasteiger partial charge in [0.05, 0.1) is 18.1 Å². The molecule has 3 rings (SSSR count). The normalized spacial score (nSPS) is 13.0. The highest BCUT2D eigenvalue weighted by atomic mass is 16.6. The molecule has 0 spiro atoms. The Kier molecular flexibility index (Phi) is 8.17. The number of carbonyl (C=O) groups is 2. The Hall–Kier alpha value is -4.10. The first-order valence-corrected chi connectivity index (χ1v) is 11.4. The van der Waals surface area contributed by atoms with Crippen LogP contribution >= 0.6 is 0 Å². The highest BCUT2D eigenvalue weighted by Crippen LogP contribution is 2.24. The van der Waals surface area contributed by atoms with E-state index < -0.39 is 35.5 Å². The summed E-state index contributed by atoms with van der Waals surface area (Å²) in [4.78, 5) is 36.2. The average molecular weight is 495 g/mol. The Morgan fingerprint density at radius 3 is 2.42 bits per heavy atom. The fourth-order valence-corrected chi connectivity index (χ4v) is 3.54. The number of nitrogens with zero attached hydrogens (tertiary/aromatic N) is 2. The first-order valence-electron chi connectivity index (χ1n) is 11.4. The molecule has 0 fully saturated rings. The van der Waals surface area contributed by atoms with E-state index in [1.807, 2.05) is 36.4 Å². The summed E-state index contributed by atoms with van der Waals surface area (Å²) in [5.41, 5.74) is 3.24. The van der Waals surface area contributed by atoms with Gasteiger partial charge in [0.15, 0.2) is 11.7 Å². The molecule has 0 aliphatic heterocycles. The molecule has 0 radical (unpaired) electrons. The van der Waals surface area contributed by atoms with Crippen molar-refractivity contribution in [3.05, 3.63) is 58.6 Å². The minimum absolute atomic E-state index is 0.101. The molecule has 2 amide bonds. The number of hydrogen-bond donors (Lipinski definition) is 2. The molecule has 10 heteroatoms. The maximum atomic E-state index is 12.6. The number of nitrogens with one attached hydrogen (secondary N) is 2. The molecule has 2 N–H and O–H groups in total. The van der Waals surface area contributed by atoms with Crippen LogP contribution < -0.4 is 16.4 Å². The molecule has 2 aromatic carbocycles. The average Bonchev–Trinajstić information content (AvgIpc) is 3.11. The SMILES string of the molecule is CO[C@@H](CNC(=O)OC(C)(C)C)C(=O)N[C@H](C#N)Cc1ccc(-c2ccc3oc(=O)n(C)c3c2)cc1. The number of hydrogen-bond acceptors (Lipinski definition) is 7. The lowest BCUT2D eigenvalue weighted by Gasteiger charge is -2.22. The minimum atomic E-state index is -0.982. The Morgan fingerprint density at radius 2 is 1.81 bits per heavy atom. The van der Waals surface area contributed by atoms with Gasteiger partial charge in [0.2, 0.25) is 0 Å². The predicted octanol–water partition coefficient (Wildman–Crippen LogP) is 2.89. The van der Waals surface area contributed by atoms with Gasteiger partial charge in [-0.05, 0) is 49.6 Å². The van der Waals surface area contributed by atoms with Crippen LogP contribution in [0.2, 0.25) is 0 Å². The topological polar surface area (TPSA) is 136 Å². The molecule has 3 aromatic rings. The number of alkyl carbamates (subject to hydrolysis) is 1. The number of aromatic nitrogens is 1. The van der Waals surface area contributed by atoms with Gasteiger partial charge in [0.25, 0.3) is 5.91 Å². The monoisotopic (exact) mass is 494 g/mol. The lowest BCUT2D eigenvalue weighted by molar-refractivity contribution is -0.131. The van der Waals surface area contributed by atoms with Gasteiger partial charge >= 0.3 is 11.8 Å². The number of ether oxygens (including phenoxy) is 2. The molecular weight excluding hydrogens is 464 g/mol. The molecule has 0 unspecified atom stereocenters. The number of carbonyl (C=O) groups excluding carboxylic acids is 2. The van der Waals surface area contributed by atoms with Crippen molar-refractivity contribution in [2.75, 3.05) is 13.7 Å². The fourth-order valence-electron chi connectivity index (χ4n) is 3.54. The summed E-state index contributed by atoms with van der Waals surface area (Å²) in [6.07, 6.45) is -1.36. The summed E-state index contributed by atoms with van der Waals surface area (Å²) in [5, 5.41) is 14.7. The third-order valence-electron chi connectivity index (χ3n) is 5.40. The van der Waals surface area contributed by atoms with E-state index in [0.717, 1.165) is 16.7 Å². The van der Waals surface area contributed by atoms with Crippen molar-refractivity contribution in [2.24, 2.45) is 7.05 Å². The van der Waals surface area contributed by atoms with E-state index in [4.69, 9.17) is 13.9 Å². The molecule has 0 aliphatic carbocycles. The summed E-state index contributed by atoms with van der Waals surface area (Å²) < 4.78 is 16.9. The number of amides is 2. The Morgan fingerprint density at radius 1 is 1.14 bits per heavy atom. The molecule has 2 atom stereocenters. The van der Waals surface area contributed by atoms with E-state index in [1.165, 1.54) is 11.7 Å². The van der Waals surface area contributed by atoms with E-state index in [1.54, 1.807) is 33.9 Å². The zero-order valence-corrected chi connectivity index (χ0v) is 21.0. The van der Waals surface area contributed by atoms with Crippen LogP contribution in [0.1, 0.15) is 26.3 Å². The van der Waals surface area contributed by atoms with Crippen molar-refractivity contribution < 1.29 is 23.5 Å². The van der Waals surface area contributed by atoms with E-state index in [-0.39, 0.29) is 13.0 Å². The Labute approximate surface area is 208 Å². The molecule has 1 aromatic heterocycles. The number of aryl methyl sites for hydroxylation is 1. The van der Waals surface area contributed by atoms with Crippen molar-refractivity contribution in [3.8, 4) is 17.2 Å². The van der Waals surface area contributed by atoms with Crippen LogP contribution in [0.25, 0.3) is 22.2 Å². The minimum Gasteiger partial charge on any atom is -0.444 e. The van der Waals surface area contributed by atoms with Crippen molar-refractivity contribution in [1.29, 1.82) is 5.26 Å². The molecule has 190 valence electrons. The summed E-state index contributed by atoms with van der Waals surface area (Å²) >= 11 is 0. The zero-order valence-electron chi connectivity index (χ0n) is 21.0. The van der Waals surface area contributed by atoms with Crippen molar-refractivity contribution in [3.63, 3.8) is 0 Å². The van der Waals surface area contributed by atoms with E-state index in [2.05, 4.69) is 16.7 Å². The van der Waals surface area contributed by atoms with E-state index >= 15 is 0 Å². The van der Waals surface area contributed by atoms with Crippen LogP contribution in [-0.2, 0) is 27.7 Å². The van der Waals surface area contributed by atoms with Crippen LogP contribution in [0.15, 0.2) is 51.7 Å². The standard InChI is InChI=1S/C26H30N4O6/c1-26(2,3)36-24(32)28-15-22(34-5)23(31)29-19(14-27)12-16-6-8-17(9-7-16)18-10-11-21-20(13-18)30(4)25(33)35-21/h6-11,13,19,22H,12,15H2,1-5H3,(H,28,32)(H,29,31)/t19-,22-/m0/s1. The quantitative estimate of drug-likeness (QED) is 0.491. The Bertz CT molecular complexity index is 1330. The van der Waals surface area contributed by atoms with E-state index in [9.17, 15) is 19.6 Å². The first kappa shape index (κ1) is 26.5. The highest BCUT2D eigenvalue weighted by molar-refractivity contribution is 5.82. The van der Waals surface area contributed by atoms with Gasteiger partial charge in [-0.3, -0.25) is 9.36 Å². The molecule has 36 heavy (non-hydrogen) atoms. The third kappa shape index (κ3) is 6.73. The van der Waals surface area contributed by atoms with Crippen molar-refractivity contribution in [2.45, 2.75) is 44.9 Å². The second-order valence-electron chi connectivity index (χ2n) is 9.31. The zero-order chi connectivity index (χ0) is 26.5. The van der Waals surface area contributed by atoms with Gasteiger partial charge in [0.1, 0.15) is 11.6 Å². The van der Waals surface area contributed by atoms with Crippen LogP contribution in [0.5, 0.6) is 0 Å². The number of fused-ring (bicyclic) bond motifs is 1. The summed E-state index contributed by atoms with van der Waals surface area (Å²) in [6.45, 7) is 5.10. The van der Waals surface area contributed by atoms with Crippen LogP contribution in [0.3, 0.4) is 0 Å². The molecule has 0 aliphatic rings. The van der Waals surface area contributed by atoms with Crippen LogP contribution in [0, 0.1) is 11.3 Å². The van der Waals surface area contributed by atoms with Gasteiger partial charge in [-0.2, -0.15) is 5.26 Å². The maximum Gasteiger partial charge on any atom is 0.419 e. The number of rotatable bonds is 8. The molecule has 0 saturated carbocycles. The number of methoxy groups -OCH3 is 1. The molecule has 10 nitrogen and oxygen atoms in total. The van der Waals surface area contributed by atoms with Crippen molar-refractivity contribution in [1.82, 2.24) is 15.2 Å². The maximum absolute atomic E-state index is 12.6. The number of oxazole rings is 1. The lowest BCUT2D eigenvalue weighted by Crippen LogP contribution is -2.48. The van der Waals surface area contributed by atoms with Gasteiger partial charge < -0.3 is 24.5 Å². The third-order valence-corrected chi connectivity index (χ3v) is 5.40. The fraction of sp³-hybridized carbons (Fsp3) is 0.385. The summed E-state index contributed by atoms with van der Waals surface area (Å²) in [5.74, 6) is -0.936. The number of nitriles is 1. The van der Waals surface area contributed by atoms with Crippen LogP contribution in [-0.4, -0.2) is 48.0 Å². The number of benzene rings is 2. The van der Waals surface area contributed by atoms with Gasteiger partial charge in [-0.15, -0.1) is 0 Å². The summed E-state index contributed by atoms with van der Waals surface area (Å²) in [7, 11) is 3.00. The summed E-state index contributed by atoms with van der Waals surface area (Å²) in [6, 6.07) is 14.4. The molecule has 0 bridgehead atoms.